The summed E-state index contributed by atoms with van der Waals surface area (Å²) in [6.45, 7) is 5.79. The molecule has 0 saturated carbocycles. The molecule has 1 heterocycles. The Bertz CT molecular complexity index is 338. The molecular formula is C10H15BrN2O2. The maximum absolute atomic E-state index is 11.6. The van der Waals surface area contributed by atoms with Gasteiger partial charge in [-0.3, -0.25) is 4.79 Å². The van der Waals surface area contributed by atoms with Gasteiger partial charge in [-0.25, -0.2) is 0 Å². The summed E-state index contributed by atoms with van der Waals surface area (Å²) in [7, 11) is 0. The third-order valence-electron chi connectivity index (χ3n) is 2.32. The maximum atomic E-state index is 11.6. The van der Waals surface area contributed by atoms with E-state index in [-0.39, 0.29) is 11.9 Å². The molecule has 0 saturated heterocycles. The molecule has 0 aliphatic carbocycles. The van der Waals surface area contributed by atoms with E-state index in [9.17, 15) is 4.79 Å². The molecule has 15 heavy (non-hydrogen) atoms. The van der Waals surface area contributed by atoms with Gasteiger partial charge in [0.1, 0.15) is 5.76 Å². The molecule has 0 aromatic carbocycles. The van der Waals surface area contributed by atoms with Crippen LogP contribution in [0.25, 0.3) is 0 Å². The second kappa shape index (κ2) is 5.30. The average molecular weight is 275 g/mol. The minimum atomic E-state index is -0.188. The molecule has 1 aromatic heterocycles. The van der Waals surface area contributed by atoms with E-state index in [0.717, 1.165) is 5.33 Å². The number of nitrogens with one attached hydrogen (secondary N) is 1. The molecule has 0 bridgehead atoms. The van der Waals surface area contributed by atoms with E-state index in [1.165, 1.54) is 0 Å². The second-order valence-electron chi connectivity index (χ2n) is 3.72. The molecular weight excluding hydrogens is 260 g/mol. The first kappa shape index (κ1) is 12.2. The van der Waals surface area contributed by atoms with E-state index in [4.69, 9.17) is 4.52 Å². The van der Waals surface area contributed by atoms with E-state index >= 15 is 0 Å². The lowest BCUT2D eigenvalue weighted by atomic mass is 10.1. The van der Waals surface area contributed by atoms with Crippen molar-refractivity contribution in [3.8, 4) is 0 Å². The highest BCUT2D eigenvalue weighted by Crippen LogP contribution is 2.07. The van der Waals surface area contributed by atoms with E-state index in [0.29, 0.717) is 17.4 Å². The zero-order valence-electron chi connectivity index (χ0n) is 9.08. The number of carbonyl (C=O) groups is 1. The Morgan fingerprint density at radius 1 is 1.67 bits per heavy atom. The van der Waals surface area contributed by atoms with E-state index in [1.54, 1.807) is 13.0 Å². The van der Waals surface area contributed by atoms with E-state index < -0.39 is 0 Å². The van der Waals surface area contributed by atoms with Crippen LogP contribution in [-0.2, 0) is 0 Å². The van der Waals surface area contributed by atoms with Crippen molar-refractivity contribution in [2.24, 2.45) is 5.92 Å². The Hall–Kier alpha value is -0.840. The number of hydrogen-bond donors (Lipinski definition) is 1. The summed E-state index contributed by atoms with van der Waals surface area (Å²) in [4.78, 5) is 11.6. The molecule has 0 radical (unpaired) electrons. The van der Waals surface area contributed by atoms with Crippen molar-refractivity contribution in [1.82, 2.24) is 10.5 Å². The molecule has 4 nitrogen and oxygen atoms in total. The van der Waals surface area contributed by atoms with Gasteiger partial charge in [0.05, 0.1) is 0 Å². The molecule has 5 heteroatoms. The number of aromatic nitrogens is 1. The highest BCUT2D eigenvalue weighted by atomic mass is 79.9. The van der Waals surface area contributed by atoms with Crippen molar-refractivity contribution in [1.29, 1.82) is 0 Å². The highest BCUT2D eigenvalue weighted by Gasteiger charge is 2.17. The fourth-order valence-electron chi connectivity index (χ4n) is 1.03. The first-order valence-corrected chi connectivity index (χ1v) is 5.97. The molecule has 1 rings (SSSR count). The Labute approximate surface area is 97.5 Å². The van der Waals surface area contributed by atoms with Gasteiger partial charge < -0.3 is 9.84 Å². The molecule has 84 valence electrons. The summed E-state index contributed by atoms with van der Waals surface area (Å²) in [5, 5.41) is 7.38. The Kier molecular flexibility index (Phi) is 4.32. The number of aryl methyl sites for hydroxylation is 1. The van der Waals surface area contributed by atoms with Crippen LogP contribution in [0.1, 0.15) is 30.1 Å². The first-order chi connectivity index (χ1) is 7.04. The Morgan fingerprint density at radius 2 is 2.33 bits per heavy atom. The zero-order chi connectivity index (χ0) is 11.4. The number of alkyl halides is 1. The topological polar surface area (TPSA) is 55.1 Å². The molecule has 0 aliphatic rings. The van der Waals surface area contributed by atoms with E-state index in [1.807, 2.05) is 6.92 Å². The normalized spacial score (nSPS) is 14.7. The number of amides is 1. The largest absolute Gasteiger partial charge is 0.361 e. The highest BCUT2D eigenvalue weighted by molar-refractivity contribution is 9.09. The van der Waals surface area contributed by atoms with Gasteiger partial charge in [-0.2, -0.15) is 0 Å². The minimum absolute atomic E-state index is 0.105. The maximum Gasteiger partial charge on any atom is 0.273 e. The van der Waals surface area contributed by atoms with Gasteiger partial charge in [0.15, 0.2) is 5.69 Å². The van der Waals surface area contributed by atoms with Crippen LogP contribution in [-0.4, -0.2) is 22.4 Å². The third-order valence-corrected chi connectivity index (χ3v) is 3.34. The van der Waals surface area contributed by atoms with Crippen molar-refractivity contribution in [3.63, 3.8) is 0 Å². The van der Waals surface area contributed by atoms with Crippen molar-refractivity contribution in [3.05, 3.63) is 17.5 Å². The van der Waals surface area contributed by atoms with Gasteiger partial charge in [0.2, 0.25) is 0 Å². The number of rotatable bonds is 4. The van der Waals surface area contributed by atoms with Crippen molar-refractivity contribution >= 4 is 21.8 Å². The van der Waals surface area contributed by atoms with Crippen LogP contribution >= 0.6 is 15.9 Å². The van der Waals surface area contributed by atoms with Crippen molar-refractivity contribution in [2.45, 2.75) is 26.8 Å². The lowest BCUT2D eigenvalue weighted by molar-refractivity contribution is 0.0922. The molecule has 0 fully saturated rings. The molecule has 2 unspecified atom stereocenters. The second-order valence-corrected chi connectivity index (χ2v) is 4.36. The standard InChI is InChI=1S/C10H15BrN2O2/c1-6(5-11)8(3)12-10(14)9-4-7(2)15-13-9/h4,6,8H,5H2,1-3H3,(H,12,14). The van der Waals surface area contributed by atoms with E-state index in [2.05, 4.69) is 33.3 Å². The number of hydrogen-bond acceptors (Lipinski definition) is 3. The van der Waals surface area contributed by atoms with Crippen LogP contribution in [0, 0.1) is 12.8 Å². The minimum Gasteiger partial charge on any atom is -0.361 e. The van der Waals surface area contributed by atoms with Crippen LogP contribution in [0.2, 0.25) is 0 Å². The lowest BCUT2D eigenvalue weighted by Crippen LogP contribution is -2.37. The van der Waals surface area contributed by atoms with Gasteiger partial charge in [-0.15, -0.1) is 0 Å². The molecule has 1 aromatic rings. The molecule has 2 atom stereocenters. The summed E-state index contributed by atoms with van der Waals surface area (Å²) in [5.41, 5.74) is 0.334. The Morgan fingerprint density at radius 3 is 2.80 bits per heavy atom. The quantitative estimate of drug-likeness (QED) is 0.856. The van der Waals surface area contributed by atoms with Crippen LogP contribution in [0.15, 0.2) is 10.6 Å². The smallest absolute Gasteiger partial charge is 0.273 e. The monoisotopic (exact) mass is 274 g/mol. The van der Waals surface area contributed by atoms with Crippen LogP contribution < -0.4 is 5.32 Å². The van der Waals surface area contributed by atoms with Crippen LogP contribution in [0.3, 0.4) is 0 Å². The summed E-state index contributed by atoms with van der Waals surface area (Å²) in [6.07, 6.45) is 0. The summed E-state index contributed by atoms with van der Waals surface area (Å²) in [5.74, 6) is 0.829. The predicted octanol–water partition coefficient (Wildman–Crippen LogP) is 2.13. The van der Waals surface area contributed by atoms with Gasteiger partial charge in [0, 0.05) is 17.4 Å². The molecule has 0 aliphatic heterocycles. The number of halogens is 1. The predicted molar refractivity (Wildman–Crippen MR) is 61.1 cm³/mol. The summed E-state index contributed by atoms with van der Waals surface area (Å²) < 4.78 is 4.83. The summed E-state index contributed by atoms with van der Waals surface area (Å²) in [6, 6.07) is 1.73. The molecule has 1 amide bonds. The fourth-order valence-corrected chi connectivity index (χ4v) is 1.59. The van der Waals surface area contributed by atoms with Gasteiger partial charge in [-0.05, 0) is 19.8 Å². The third kappa shape index (κ3) is 3.34. The lowest BCUT2D eigenvalue weighted by Gasteiger charge is -2.18. The van der Waals surface area contributed by atoms with Crippen molar-refractivity contribution < 1.29 is 9.32 Å². The molecule has 1 N–H and O–H groups in total. The first-order valence-electron chi connectivity index (χ1n) is 4.84. The molecule has 0 spiro atoms. The van der Waals surface area contributed by atoms with Gasteiger partial charge >= 0.3 is 0 Å². The zero-order valence-corrected chi connectivity index (χ0v) is 10.7. The number of carbonyl (C=O) groups excluding carboxylic acids is 1. The fraction of sp³-hybridized carbons (Fsp3) is 0.600. The number of nitrogens with zero attached hydrogens (tertiary/aromatic N) is 1. The van der Waals surface area contributed by atoms with Gasteiger partial charge in [0.25, 0.3) is 5.91 Å². The van der Waals surface area contributed by atoms with Gasteiger partial charge in [-0.1, -0.05) is 28.0 Å². The van der Waals surface area contributed by atoms with Crippen LogP contribution in [0.5, 0.6) is 0 Å². The van der Waals surface area contributed by atoms with Crippen LogP contribution in [0.4, 0.5) is 0 Å². The Balaban J connectivity index is 2.56. The summed E-state index contributed by atoms with van der Waals surface area (Å²) >= 11 is 3.38. The average Bonchev–Trinajstić information content (AvgIpc) is 2.63. The SMILES string of the molecule is Cc1cc(C(=O)NC(C)C(C)CBr)no1. The van der Waals surface area contributed by atoms with Crippen molar-refractivity contribution in [2.75, 3.05) is 5.33 Å².